The molecule has 4 nitrogen and oxygen atoms in total. The maximum Gasteiger partial charge on any atom is 0.255 e. The monoisotopic (exact) mass is 263 g/mol. The quantitative estimate of drug-likeness (QED) is 0.906. The zero-order valence-electron chi connectivity index (χ0n) is 12.4. The number of aromatic nitrogens is 1. The third-order valence-electron chi connectivity index (χ3n) is 4.38. The number of rotatable bonds is 3. The van der Waals surface area contributed by atoms with Crippen LogP contribution in [0, 0.1) is 19.8 Å². The van der Waals surface area contributed by atoms with Crippen molar-refractivity contribution in [3.05, 3.63) is 23.0 Å². The van der Waals surface area contributed by atoms with Gasteiger partial charge >= 0.3 is 0 Å². The third kappa shape index (κ3) is 2.41. The summed E-state index contributed by atoms with van der Waals surface area (Å²) in [6, 6.07) is 2.31. The number of hydrogen-bond acceptors (Lipinski definition) is 2. The van der Waals surface area contributed by atoms with Gasteiger partial charge in [0.15, 0.2) is 0 Å². The molecule has 19 heavy (non-hydrogen) atoms. The van der Waals surface area contributed by atoms with Crippen LogP contribution in [0.1, 0.15) is 42.0 Å². The molecule has 0 aromatic carbocycles. The summed E-state index contributed by atoms with van der Waals surface area (Å²) < 4.78 is 2.19. The van der Waals surface area contributed by atoms with E-state index in [0.717, 1.165) is 36.5 Å². The van der Waals surface area contributed by atoms with Gasteiger partial charge in [0.25, 0.3) is 5.91 Å². The van der Waals surface area contributed by atoms with Crippen molar-refractivity contribution in [1.29, 1.82) is 0 Å². The van der Waals surface area contributed by atoms with E-state index in [0.29, 0.717) is 18.5 Å². The second-order valence-corrected chi connectivity index (χ2v) is 5.67. The van der Waals surface area contributed by atoms with Crippen LogP contribution < -0.4 is 5.73 Å². The van der Waals surface area contributed by atoms with E-state index in [9.17, 15) is 4.79 Å². The van der Waals surface area contributed by atoms with Gasteiger partial charge in [0.2, 0.25) is 0 Å². The fourth-order valence-electron chi connectivity index (χ4n) is 3.26. The van der Waals surface area contributed by atoms with Crippen LogP contribution in [0.4, 0.5) is 0 Å². The number of aryl methyl sites for hydroxylation is 1. The highest BCUT2D eigenvalue weighted by Crippen LogP contribution is 2.26. The van der Waals surface area contributed by atoms with Gasteiger partial charge in [-0.1, -0.05) is 0 Å². The molecule has 1 aliphatic rings. The second-order valence-electron chi connectivity index (χ2n) is 5.67. The van der Waals surface area contributed by atoms with Crippen LogP contribution in [-0.2, 0) is 6.54 Å². The Hall–Kier alpha value is -1.29. The van der Waals surface area contributed by atoms with Crippen LogP contribution in [-0.4, -0.2) is 34.5 Å². The third-order valence-corrected chi connectivity index (χ3v) is 4.38. The largest absolute Gasteiger partial charge is 0.349 e. The maximum absolute atomic E-state index is 12.7. The molecule has 2 atom stereocenters. The number of amides is 1. The topological polar surface area (TPSA) is 51.3 Å². The molecule has 1 saturated heterocycles. The van der Waals surface area contributed by atoms with Crippen molar-refractivity contribution in [2.45, 2.75) is 46.7 Å². The van der Waals surface area contributed by atoms with Gasteiger partial charge in [-0.05, 0) is 52.6 Å². The van der Waals surface area contributed by atoms with Gasteiger partial charge in [0.1, 0.15) is 0 Å². The van der Waals surface area contributed by atoms with Gasteiger partial charge < -0.3 is 15.2 Å². The van der Waals surface area contributed by atoms with Crippen molar-refractivity contribution >= 4 is 5.91 Å². The molecule has 2 N–H and O–H groups in total. The fourth-order valence-corrected chi connectivity index (χ4v) is 3.26. The Balaban J connectivity index is 2.25. The van der Waals surface area contributed by atoms with Crippen LogP contribution >= 0.6 is 0 Å². The average molecular weight is 263 g/mol. The first-order valence-corrected chi connectivity index (χ1v) is 7.17. The smallest absolute Gasteiger partial charge is 0.255 e. The molecule has 2 unspecified atom stereocenters. The fraction of sp³-hybridized carbons (Fsp3) is 0.667. The van der Waals surface area contributed by atoms with Gasteiger partial charge in [-0.25, -0.2) is 0 Å². The molecule has 0 spiro atoms. The minimum atomic E-state index is 0.163. The Labute approximate surface area is 115 Å². The van der Waals surface area contributed by atoms with Crippen LogP contribution in [0.15, 0.2) is 6.07 Å². The van der Waals surface area contributed by atoms with Gasteiger partial charge in [-0.3, -0.25) is 4.79 Å². The van der Waals surface area contributed by atoms with E-state index in [-0.39, 0.29) is 5.91 Å². The number of carbonyl (C=O) groups is 1. The second kappa shape index (κ2) is 5.37. The van der Waals surface area contributed by atoms with Crippen molar-refractivity contribution in [3.8, 4) is 0 Å². The maximum atomic E-state index is 12.7. The summed E-state index contributed by atoms with van der Waals surface area (Å²) in [7, 11) is 0. The molecule has 0 radical (unpaired) electrons. The molecule has 0 aliphatic carbocycles. The first kappa shape index (κ1) is 14.1. The van der Waals surface area contributed by atoms with Crippen molar-refractivity contribution in [2.24, 2.45) is 11.7 Å². The van der Waals surface area contributed by atoms with E-state index >= 15 is 0 Å². The molecule has 1 fully saturated rings. The molecule has 1 aromatic heterocycles. The Morgan fingerprint density at radius 2 is 2.16 bits per heavy atom. The van der Waals surface area contributed by atoms with E-state index in [1.165, 1.54) is 0 Å². The lowest BCUT2D eigenvalue weighted by atomic mass is 10.1. The number of nitrogens with zero attached hydrogens (tertiary/aromatic N) is 2. The van der Waals surface area contributed by atoms with Crippen molar-refractivity contribution in [1.82, 2.24) is 9.47 Å². The summed E-state index contributed by atoms with van der Waals surface area (Å²) in [5.74, 6) is 0.616. The molecule has 0 saturated carbocycles. The SMILES string of the molecule is CCn1c(C)cc(C(=O)N2CC(CN)CC2C)c1C. The Bertz CT molecular complexity index is 478. The molecule has 106 valence electrons. The van der Waals surface area contributed by atoms with Crippen LogP contribution in [0.5, 0.6) is 0 Å². The van der Waals surface area contributed by atoms with E-state index < -0.39 is 0 Å². The number of likely N-dealkylation sites (tertiary alicyclic amines) is 1. The van der Waals surface area contributed by atoms with Crippen LogP contribution in [0.25, 0.3) is 0 Å². The van der Waals surface area contributed by atoms with E-state index in [2.05, 4.69) is 25.3 Å². The summed E-state index contributed by atoms with van der Waals surface area (Å²) in [4.78, 5) is 14.7. The normalized spacial score (nSPS) is 23.1. The number of hydrogen-bond donors (Lipinski definition) is 1. The van der Waals surface area contributed by atoms with Crippen molar-refractivity contribution in [2.75, 3.05) is 13.1 Å². The summed E-state index contributed by atoms with van der Waals surface area (Å²) in [5.41, 5.74) is 8.82. The van der Waals surface area contributed by atoms with Gasteiger partial charge in [-0.15, -0.1) is 0 Å². The van der Waals surface area contributed by atoms with Crippen molar-refractivity contribution in [3.63, 3.8) is 0 Å². The Kier molecular flexibility index (Phi) is 3.99. The lowest BCUT2D eigenvalue weighted by Gasteiger charge is -2.21. The van der Waals surface area contributed by atoms with E-state index in [4.69, 9.17) is 5.73 Å². The molecular formula is C15H25N3O. The van der Waals surface area contributed by atoms with E-state index in [1.54, 1.807) is 0 Å². The standard InChI is InChI=1S/C15H25N3O/c1-5-17-11(3)7-14(12(17)4)15(19)18-9-13(8-16)6-10(18)2/h7,10,13H,5-6,8-9,16H2,1-4H3. The summed E-state index contributed by atoms with van der Waals surface area (Å²) in [5, 5.41) is 0. The molecule has 2 rings (SSSR count). The Morgan fingerprint density at radius 3 is 2.63 bits per heavy atom. The molecule has 0 bridgehead atoms. The lowest BCUT2D eigenvalue weighted by molar-refractivity contribution is 0.0742. The lowest BCUT2D eigenvalue weighted by Crippen LogP contribution is -2.34. The first-order valence-electron chi connectivity index (χ1n) is 7.17. The van der Waals surface area contributed by atoms with Gasteiger partial charge in [0, 0.05) is 30.5 Å². The molecule has 1 aromatic rings. The van der Waals surface area contributed by atoms with E-state index in [1.807, 2.05) is 17.9 Å². The highest BCUT2D eigenvalue weighted by Gasteiger charge is 2.33. The summed E-state index contributed by atoms with van der Waals surface area (Å²) >= 11 is 0. The average Bonchev–Trinajstić information content (AvgIpc) is 2.89. The highest BCUT2D eigenvalue weighted by molar-refractivity contribution is 5.96. The number of nitrogens with two attached hydrogens (primary N) is 1. The zero-order valence-corrected chi connectivity index (χ0v) is 12.4. The summed E-state index contributed by atoms with van der Waals surface area (Å²) in [6.07, 6.45) is 1.02. The Morgan fingerprint density at radius 1 is 1.47 bits per heavy atom. The predicted molar refractivity (Wildman–Crippen MR) is 77.2 cm³/mol. The minimum absolute atomic E-state index is 0.163. The molecule has 1 aliphatic heterocycles. The van der Waals surface area contributed by atoms with Crippen LogP contribution in [0.2, 0.25) is 0 Å². The summed E-state index contributed by atoms with van der Waals surface area (Å²) in [6.45, 7) is 10.7. The highest BCUT2D eigenvalue weighted by atomic mass is 16.2. The first-order chi connectivity index (χ1) is 8.99. The van der Waals surface area contributed by atoms with Gasteiger partial charge in [0.05, 0.1) is 5.56 Å². The predicted octanol–water partition coefficient (Wildman–Crippen LogP) is 1.93. The number of carbonyl (C=O) groups excluding carboxylic acids is 1. The van der Waals surface area contributed by atoms with Crippen LogP contribution in [0.3, 0.4) is 0 Å². The molecule has 2 heterocycles. The minimum Gasteiger partial charge on any atom is -0.349 e. The van der Waals surface area contributed by atoms with Crippen molar-refractivity contribution < 1.29 is 4.79 Å². The molecule has 1 amide bonds. The van der Waals surface area contributed by atoms with Gasteiger partial charge in [-0.2, -0.15) is 0 Å². The molecule has 4 heteroatoms. The zero-order chi connectivity index (χ0) is 14.2. The molecular weight excluding hydrogens is 238 g/mol.